The zero-order valence-electron chi connectivity index (χ0n) is 12.6. The van der Waals surface area contributed by atoms with Crippen LogP contribution in [0.1, 0.15) is 37.1 Å². The Morgan fingerprint density at radius 2 is 2.14 bits per heavy atom. The minimum Gasteiger partial charge on any atom is -0.342 e. The topological polar surface area (TPSA) is 49.0 Å². The Labute approximate surface area is 124 Å². The third-order valence-electron chi connectivity index (χ3n) is 4.16. The van der Waals surface area contributed by atoms with Crippen LogP contribution in [0, 0.1) is 6.92 Å². The maximum absolute atomic E-state index is 11.8. The van der Waals surface area contributed by atoms with Gasteiger partial charge in [-0.3, -0.25) is 4.79 Å². The van der Waals surface area contributed by atoms with Gasteiger partial charge in [-0.15, -0.1) is 0 Å². The van der Waals surface area contributed by atoms with Crippen LogP contribution in [0.4, 0.5) is 0 Å². The lowest BCUT2D eigenvalue weighted by Gasteiger charge is -2.30. The molecule has 1 aliphatic heterocycles. The molecule has 0 unspecified atom stereocenters. The van der Waals surface area contributed by atoms with Crippen LogP contribution >= 0.6 is 0 Å². The van der Waals surface area contributed by atoms with Crippen molar-refractivity contribution in [1.29, 1.82) is 0 Å². The first-order valence-corrected chi connectivity index (χ1v) is 7.55. The molecule has 0 saturated carbocycles. The summed E-state index contributed by atoms with van der Waals surface area (Å²) < 4.78 is 0. The number of piperidine rings is 1. The number of H-pyrrole nitrogens is 1. The van der Waals surface area contributed by atoms with Crippen molar-refractivity contribution in [2.75, 3.05) is 13.1 Å². The first kappa shape index (κ1) is 13.9. The molecule has 2 aromatic rings. The smallest absolute Gasteiger partial charge is 0.246 e. The third-order valence-corrected chi connectivity index (χ3v) is 4.16. The zero-order chi connectivity index (χ0) is 14.8. The lowest BCUT2D eigenvalue weighted by atomic mass is 9.96. The van der Waals surface area contributed by atoms with E-state index in [-0.39, 0.29) is 5.91 Å². The van der Waals surface area contributed by atoms with E-state index in [0.29, 0.717) is 5.92 Å². The van der Waals surface area contributed by atoms with Gasteiger partial charge in [0, 0.05) is 19.0 Å². The zero-order valence-corrected chi connectivity index (χ0v) is 12.6. The molecule has 0 radical (unpaired) electrons. The normalized spacial score (nSPS) is 17.0. The molecular weight excluding hydrogens is 262 g/mol. The Morgan fingerprint density at radius 1 is 1.38 bits per heavy atom. The maximum atomic E-state index is 11.8. The van der Waals surface area contributed by atoms with Crippen LogP contribution in [0.3, 0.4) is 0 Å². The standard InChI is InChI=1S/C17H21N3O/c1-3-4-16(21)20-9-7-13(8-10-20)17-18-14-6-5-12(2)11-15(14)19-17/h3-6,11,13H,7-10H2,1-2H3,(H,18,19)/b4-3+. The number of aryl methyl sites for hydroxylation is 1. The molecule has 110 valence electrons. The van der Waals surface area contributed by atoms with E-state index >= 15 is 0 Å². The van der Waals surface area contributed by atoms with Gasteiger partial charge in [0.1, 0.15) is 5.82 Å². The van der Waals surface area contributed by atoms with E-state index in [2.05, 4.69) is 30.1 Å². The Morgan fingerprint density at radius 3 is 2.86 bits per heavy atom. The van der Waals surface area contributed by atoms with Crippen LogP contribution in [0.2, 0.25) is 0 Å². The van der Waals surface area contributed by atoms with Gasteiger partial charge in [0.2, 0.25) is 5.91 Å². The summed E-state index contributed by atoms with van der Waals surface area (Å²) in [4.78, 5) is 21.9. The molecule has 1 saturated heterocycles. The number of carbonyl (C=O) groups excluding carboxylic acids is 1. The van der Waals surface area contributed by atoms with Gasteiger partial charge in [-0.2, -0.15) is 0 Å². The highest BCUT2D eigenvalue weighted by Crippen LogP contribution is 2.28. The van der Waals surface area contributed by atoms with Crippen LogP contribution < -0.4 is 0 Å². The van der Waals surface area contributed by atoms with E-state index in [1.807, 2.05) is 11.8 Å². The lowest BCUT2D eigenvalue weighted by Crippen LogP contribution is -2.37. The SMILES string of the molecule is C/C=C/C(=O)N1CCC(c2nc3ccc(C)cc3[nH]2)CC1. The minimum absolute atomic E-state index is 0.121. The van der Waals surface area contributed by atoms with E-state index in [4.69, 9.17) is 4.98 Å². The fourth-order valence-electron chi connectivity index (χ4n) is 2.96. The van der Waals surface area contributed by atoms with Crippen molar-refractivity contribution in [2.24, 2.45) is 0 Å². The number of hydrogen-bond acceptors (Lipinski definition) is 2. The summed E-state index contributed by atoms with van der Waals surface area (Å²) in [7, 11) is 0. The number of allylic oxidation sites excluding steroid dienone is 1. The van der Waals surface area contributed by atoms with Crippen molar-refractivity contribution in [3.63, 3.8) is 0 Å². The Hall–Kier alpha value is -2.10. The van der Waals surface area contributed by atoms with Crippen molar-refractivity contribution in [2.45, 2.75) is 32.6 Å². The van der Waals surface area contributed by atoms with Gasteiger partial charge < -0.3 is 9.88 Å². The number of aromatic nitrogens is 2. The summed E-state index contributed by atoms with van der Waals surface area (Å²) in [6, 6.07) is 6.29. The maximum Gasteiger partial charge on any atom is 0.246 e. The number of fused-ring (bicyclic) bond motifs is 1. The second-order valence-corrected chi connectivity index (χ2v) is 5.74. The Balaban J connectivity index is 1.72. The number of nitrogens with zero attached hydrogens (tertiary/aromatic N) is 2. The molecule has 1 aliphatic rings. The van der Waals surface area contributed by atoms with E-state index in [1.165, 1.54) is 5.56 Å². The number of imidazole rings is 1. The quantitative estimate of drug-likeness (QED) is 0.861. The lowest BCUT2D eigenvalue weighted by molar-refractivity contribution is -0.127. The van der Waals surface area contributed by atoms with Crippen LogP contribution in [0.25, 0.3) is 11.0 Å². The number of benzene rings is 1. The molecule has 1 fully saturated rings. The molecule has 1 N–H and O–H groups in total. The molecular formula is C17H21N3O. The van der Waals surface area contributed by atoms with E-state index < -0.39 is 0 Å². The molecule has 1 amide bonds. The van der Waals surface area contributed by atoms with Crippen molar-refractivity contribution < 1.29 is 4.79 Å². The summed E-state index contributed by atoms with van der Waals surface area (Å²) in [5, 5.41) is 0. The number of likely N-dealkylation sites (tertiary alicyclic amines) is 1. The first-order chi connectivity index (χ1) is 10.2. The molecule has 0 aliphatic carbocycles. The molecule has 0 atom stereocenters. The molecule has 21 heavy (non-hydrogen) atoms. The van der Waals surface area contributed by atoms with Gasteiger partial charge in [0.15, 0.2) is 0 Å². The predicted octanol–water partition coefficient (Wildman–Crippen LogP) is 3.15. The molecule has 3 rings (SSSR count). The summed E-state index contributed by atoms with van der Waals surface area (Å²) in [6.07, 6.45) is 5.39. The second kappa shape index (κ2) is 5.72. The van der Waals surface area contributed by atoms with Gasteiger partial charge >= 0.3 is 0 Å². The molecule has 0 bridgehead atoms. The monoisotopic (exact) mass is 283 g/mol. The average molecular weight is 283 g/mol. The highest BCUT2D eigenvalue weighted by molar-refractivity contribution is 5.87. The number of rotatable bonds is 2. The van der Waals surface area contributed by atoms with Crippen LogP contribution in [0.15, 0.2) is 30.4 Å². The van der Waals surface area contributed by atoms with Crippen LogP contribution in [-0.2, 0) is 4.79 Å². The number of aromatic amines is 1. The second-order valence-electron chi connectivity index (χ2n) is 5.74. The summed E-state index contributed by atoms with van der Waals surface area (Å²) in [6.45, 7) is 5.58. The fourth-order valence-corrected chi connectivity index (χ4v) is 2.96. The summed E-state index contributed by atoms with van der Waals surface area (Å²) >= 11 is 0. The highest BCUT2D eigenvalue weighted by atomic mass is 16.2. The number of carbonyl (C=O) groups is 1. The van der Waals surface area contributed by atoms with E-state index in [9.17, 15) is 4.79 Å². The Bertz CT molecular complexity index is 678. The van der Waals surface area contributed by atoms with Crippen molar-refractivity contribution in [1.82, 2.24) is 14.9 Å². The molecule has 1 aromatic heterocycles. The predicted molar refractivity (Wildman–Crippen MR) is 84.2 cm³/mol. The van der Waals surface area contributed by atoms with Crippen molar-refractivity contribution in [3.8, 4) is 0 Å². The summed E-state index contributed by atoms with van der Waals surface area (Å²) in [5.74, 6) is 1.61. The van der Waals surface area contributed by atoms with Gasteiger partial charge in [0.25, 0.3) is 0 Å². The van der Waals surface area contributed by atoms with Crippen molar-refractivity contribution >= 4 is 16.9 Å². The van der Waals surface area contributed by atoms with Crippen molar-refractivity contribution in [3.05, 3.63) is 41.7 Å². The highest BCUT2D eigenvalue weighted by Gasteiger charge is 2.24. The number of amides is 1. The van der Waals surface area contributed by atoms with Crippen LogP contribution in [0.5, 0.6) is 0 Å². The summed E-state index contributed by atoms with van der Waals surface area (Å²) in [5.41, 5.74) is 3.38. The number of hydrogen-bond donors (Lipinski definition) is 1. The molecule has 2 heterocycles. The van der Waals surface area contributed by atoms with Gasteiger partial charge in [-0.25, -0.2) is 4.98 Å². The molecule has 0 spiro atoms. The van der Waals surface area contributed by atoms with Gasteiger partial charge in [-0.1, -0.05) is 12.1 Å². The number of nitrogens with one attached hydrogen (secondary N) is 1. The van der Waals surface area contributed by atoms with Crippen LogP contribution in [-0.4, -0.2) is 33.9 Å². The largest absolute Gasteiger partial charge is 0.342 e. The van der Waals surface area contributed by atoms with E-state index in [1.54, 1.807) is 12.2 Å². The minimum atomic E-state index is 0.121. The fraction of sp³-hybridized carbons (Fsp3) is 0.412. The van der Waals surface area contributed by atoms with Gasteiger partial charge in [0.05, 0.1) is 11.0 Å². The Kier molecular flexibility index (Phi) is 3.78. The first-order valence-electron chi connectivity index (χ1n) is 7.55. The molecule has 4 heteroatoms. The molecule has 1 aromatic carbocycles. The third kappa shape index (κ3) is 2.84. The van der Waals surface area contributed by atoms with Gasteiger partial charge in [-0.05, 0) is 50.5 Å². The van der Waals surface area contributed by atoms with E-state index in [0.717, 1.165) is 42.8 Å². The molecule has 4 nitrogen and oxygen atoms in total. The average Bonchev–Trinajstić information content (AvgIpc) is 2.90.